The van der Waals surface area contributed by atoms with Gasteiger partial charge >= 0.3 is 0 Å². The number of nitrogens with zero attached hydrogens (tertiary/aromatic N) is 3. The molecule has 33 heavy (non-hydrogen) atoms. The average molecular weight is 492 g/mol. The Morgan fingerprint density at radius 1 is 1.24 bits per heavy atom. The van der Waals surface area contributed by atoms with Crippen LogP contribution < -0.4 is 20.3 Å². The summed E-state index contributed by atoms with van der Waals surface area (Å²) in [6.07, 6.45) is 2.56. The van der Waals surface area contributed by atoms with Crippen LogP contribution in [0.3, 0.4) is 0 Å². The molecule has 0 unspecified atom stereocenters. The van der Waals surface area contributed by atoms with Gasteiger partial charge in [-0.2, -0.15) is 0 Å². The van der Waals surface area contributed by atoms with Gasteiger partial charge in [0.15, 0.2) is 5.82 Å². The van der Waals surface area contributed by atoms with Crippen molar-refractivity contribution in [1.82, 2.24) is 15.5 Å². The molecule has 0 saturated carbocycles. The molecule has 1 fully saturated rings. The molecule has 3 rings (SSSR count). The van der Waals surface area contributed by atoms with Crippen molar-refractivity contribution in [3.63, 3.8) is 0 Å². The van der Waals surface area contributed by atoms with Gasteiger partial charge in [0.05, 0.1) is 18.6 Å². The van der Waals surface area contributed by atoms with Crippen LogP contribution in [0, 0.1) is 12.8 Å². The molecule has 2 amide bonds. The van der Waals surface area contributed by atoms with E-state index in [4.69, 9.17) is 16.3 Å². The van der Waals surface area contributed by atoms with E-state index < -0.39 is 0 Å². The van der Waals surface area contributed by atoms with Gasteiger partial charge < -0.3 is 20.3 Å². The van der Waals surface area contributed by atoms with E-state index in [1.807, 2.05) is 26.0 Å². The van der Waals surface area contributed by atoms with Gasteiger partial charge in [-0.25, -0.2) is 0 Å². The summed E-state index contributed by atoms with van der Waals surface area (Å²) in [5, 5.41) is 15.7. The van der Waals surface area contributed by atoms with E-state index in [0.29, 0.717) is 21.5 Å². The van der Waals surface area contributed by atoms with E-state index in [0.717, 1.165) is 50.3 Å². The number of rotatable bonds is 9. The van der Waals surface area contributed by atoms with Gasteiger partial charge in [-0.05, 0) is 49.9 Å². The molecule has 0 spiro atoms. The van der Waals surface area contributed by atoms with Gasteiger partial charge in [0, 0.05) is 36.6 Å². The molecule has 0 bridgehead atoms. The minimum Gasteiger partial charge on any atom is -0.495 e. The van der Waals surface area contributed by atoms with Crippen LogP contribution in [-0.2, 0) is 9.59 Å². The third-order valence-corrected chi connectivity index (χ3v) is 6.80. The number of amides is 2. The number of aromatic nitrogens is 2. The number of thioether (sulfide) groups is 1. The average Bonchev–Trinajstić information content (AvgIpc) is 2.83. The lowest BCUT2D eigenvalue weighted by atomic mass is 9.96. The lowest BCUT2D eigenvalue weighted by Crippen LogP contribution is -2.41. The Balaban J connectivity index is 1.48. The number of ether oxygens (including phenoxy) is 1. The maximum atomic E-state index is 12.4. The van der Waals surface area contributed by atoms with Crippen LogP contribution in [0.25, 0.3) is 0 Å². The number of hydrogen-bond acceptors (Lipinski definition) is 7. The number of piperidine rings is 1. The first-order chi connectivity index (χ1) is 15.9. The molecule has 1 aliphatic heterocycles. The number of carbonyl (C=O) groups is 2. The second-order valence-electron chi connectivity index (χ2n) is 7.92. The molecule has 0 atom stereocenters. The minimum atomic E-state index is -0.172. The summed E-state index contributed by atoms with van der Waals surface area (Å²) in [7, 11) is 1.53. The molecule has 2 N–H and O–H groups in total. The van der Waals surface area contributed by atoms with Gasteiger partial charge in [-0.1, -0.05) is 30.3 Å². The number of hydrogen-bond donors (Lipinski definition) is 2. The standard InChI is InChI=1S/C23H30ClN5O3S/c1-4-9-25-23(31)16-7-10-29(11-8-16)20-5-6-22(28-27-20)33-14-21(30)26-18-12-15(2)17(24)13-19(18)32-3/h5-6,12-13,16H,4,7-11,14H2,1-3H3,(H,25,31)(H,26,30). The SMILES string of the molecule is CCCNC(=O)C1CCN(c2ccc(SCC(=O)Nc3cc(C)c(Cl)cc3OC)nn2)CC1. The van der Waals surface area contributed by atoms with Crippen molar-refractivity contribution < 1.29 is 14.3 Å². The van der Waals surface area contributed by atoms with Crippen molar-refractivity contribution in [2.45, 2.75) is 38.1 Å². The van der Waals surface area contributed by atoms with Crippen LogP contribution in [0.2, 0.25) is 5.02 Å². The molecule has 2 aromatic rings. The van der Waals surface area contributed by atoms with Crippen LogP contribution in [0.5, 0.6) is 5.75 Å². The molecule has 1 aliphatic rings. The first-order valence-corrected chi connectivity index (χ1v) is 12.4. The molecule has 1 aromatic heterocycles. The van der Waals surface area contributed by atoms with Crippen LogP contribution in [0.1, 0.15) is 31.7 Å². The van der Waals surface area contributed by atoms with Crippen molar-refractivity contribution in [2.24, 2.45) is 5.92 Å². The van der Waals surface area contributed by atoms with Crippen molar-refractivity contribution in [3.05, 3.63) is 34.9 Å². The zero-order valence-corrected chi connectivity index (χ0v) is 20.8. The van der Waals surface area contributed by atoms with Gasteiger partial charge in [0.1, 0.15) is 10.8 Å². The second-order valence-corrected chi connectivity index (χ2v) is 9.32. The monoisotopic (exact) mass is 491 g/mol. The van der Waals surface area contributed by atoms with Crippen LogP contribution in [0.4, 0.5) is 11.5 Å². The number of aryl methyl sites for hydroxylation is 1. The van der Waals surface area contributed by atoms with Crippen molar-refractivity contribution in [3.8, 4) is 5.75 Å². The van der Waals surface area contributed by atoms with E-state index in [2.05, 4.69) is 25.7 Å². The van der Waals surface area contributed by atoms with Crippen LogP contribution >= 0.6 is 23.4 Å². The van der Waals surface area contributed by atoms with E-state index >= 15 is 0 Å². The fourth-order valence-electron chi connectivity index (χ4n) is 3.58. The van der Waals surface area contributed by atoms with Gasteiger partial charge in [0.2, 0.25) is 11.8 Å². The molecular formula is C23H30ClN5O3S. The molecule has 10 heteroatoms. The number of benzene rings is 1. The molecule has 0 aliphatic carbocycles. The quantitative estimate of drug-likeness (QED) is 0.513. The topological polar surface area (TPSA) is 96.5 Å². The van der Waals surface area contributed by atoms with Gasteiger partial charge in [0.25, 0.3) is 0 Å². The predicted octanol–water partition coefficient (Wildman–Crippen LogP) is 3.92. The predicted molar refractivity (Wildman–Crippen MR) is 132 cm³/mol. The largest absolute Gasteiger partial charge is 0.495 e. The van der Waals surface area contributed by atoms with Crippen molar-refractivity contribution in [2.75, 3.05) is 42.7 Å². The number of anilines is 2. The highest BCUT2D eigenvalue weighted by atomic mass is 35.5. The number of methoxy groups -OCH3 is 1. The molecule has 0 radical (unpaired) electrons. The van der Waals surface area contributed by atoms with Crippen molar-refractivity contribution >= 4 is 46.7 Å². The van der Waals surface area contributed by atoms with E-state index in [9.17, 15) is 9.59 Å². The van der Waals surface area contributed by atoms with E-state index in [1.165, 1.54) is 18.9 Å². The summed E-state index contributed by atoms with van der Waals surface area (Å²) >= 11 is 7.43. The Morgan fingerprint density at radius 3 is 2.64 bits per heavy atom. The molecule has 1 aromatic carbocycles. The minimum absolute atomic E-state index is 0.0668. The summed E-state index contributed by atoms with van der Waals surface area (Å²) in [5.41, 5.74) is 1.44. The van der Waals surface area contributed by atoms with Gasteiger partial charge in [-0.3, -0.25) is 9.59 Å². The van der Waals surface area contributed by atoms with E-state index in [-0.39, 0.29) is 23.5 Å². The normalized spacial score (nSPS) is 14.1. The Morgan fingerprint density at radius 2 is 2.00 bits per heavy atom. The highest BCUT2D eigenvalue weighted by molar-refractivity contribution is 7.99. The number of carbonyl (C=O) groups excluding carboxylic acids is 2. The van der Waals surface area contributed by atoms with E-state index in [1.54, 1.807) is 12.1 Å². The third kappa shape index (κ3) is 6.98. The maximum absolute atomic E-state index is 12.4. The maximum Gasteiger partial charge on any atom is 0.234 e. The zero-order valence-electron chi connectivity index (χ0n) is 19.2. The Bertz CT molecular complexity index is 965. The lowest BCUT2D eigenvalue weighted by molar-refractivity contribution is -0.125. The first-order valence-electron chi connectivity index (χ1n) is 11.0. The molecule has 178 valence electrons. The first kappa shape index (κ1) is 25.1. The second kappa shape index (κ2) is 12.1. The summed E-state index contributed by atoms with van der Waals surface area (Å²) in [6, 6.07) is 7.25. The summed E-state index contributed by atoms with van der Waals surface area (Å²) in [5.74, 6) is 1.54. The van der Waals surface area contributed by atoms with Crippen LogP contribution in [0.15, 0.2) is 29.3 Å². The Kier molecular flexibility index (Phi) is 9.20. The Hall–Kier alpha value is -2.52. The van der Waals surface area contributed by atoms with Gasteiger partial charge in [-0.15, -0.1) is 10.2 Å². The van der Waals surface area contributed by atoms with Crippen LogP contribution in [-0.4, -0.2) is 54.5 Å². The molecule has 8 nitrogen and oxygen atoms in total. The highest BCUT2D eigenvalue weighted by Gasteiger charge is 2.25. The number of halogens is 1. The smallest absolute Gasteiger partial charge is 0.234 e. The summed E-state index contributed by atoms with van der Waals surface area (Å²) in [6.45, 7) is 6.20. The molecule has 2 heterocycles. The fourth-order valence-corrected chi connectivity index (χ4v) is 4.35. The third-order valence-electron chi connectivity index (χ3n) is 5.47. The fraction of sp³-hybridized carbons (Fsp3) is 0.478. The zero-order chi connectivity index (χ0) is 23.8. The highest BCUT2D eigenvalue weighted by Crippen LogP contribution is 2.31. The lowest BCUT2D eigenvalue weighted by Gasteiger charge is -2.31. The molecule has 1 saturated heterocycles. The van der Waals surface area contributed by atoms with Crippen molar-refractivity contribution in [1.29, 1.82) is 0 Å². The number of nitrogens with one attached hydrogen (secondary N) is 2. The molecular weight excluding hydrogens is 462 g/mol. The summed E-state index contributed by atoms with van der Waals surface area (Å²) < 4.78 is 5.30. The Labute approximate surface area is 203 Å². The summed E-state index contributed by atoms with van der Waals surface area (Å²) in [4.78, 5) is 26.7.